The molecule has 3 heterocycles. The molecule has 3 fully saturated rings. The summed E-state index contributed by atoms with van der Waals surface area (Å²) in [4.78, 5) is 27.8. The summed E-state index contributed by atoms with van der Waals surface area (Å²) in [5.74, 6) is 0.272. The van der Waals surface area contributed by atoms with Crippen molar-refractivity contribution in [1.82, 2.24) is 20.4 Å². The van der Waals surface area contributed by atoms with Crippen LogP contribution in [0.5, 0.6) is 0 Å². The maximum absolute atomic E-state index is 12.2. The fourth-order valence-electron chi connectivity index (χ4n) is 3.53. The summed E-state index contributed by atoms with van der Waals surface area (Å²) in [7, 11) is 0. The molecule has 112 valence electrons. The van der Waals surface area contributed by atoms with Gasteiger partial charge in [-0.2, -0.15) is 0 Å². The van der Waals surface area contributed by atoms with Crippen LogP contribution >= 0.6 is 0 Å². The quantitative estimate of drug-likeness (QED) is 0.773. The van der Waals surface area contributed by atoms with Gasteiger partial charge in [-0.25, -0.2) is 4.79 Å². The molecule has 0 saturated carbocycles. The first kappa shape index (κ1) is 13.7. The minimum Gasteiger partial charge on any atom is -0.342 e. The van der Waals surface area contributed by atoms with Crippen molar-refractivity contribution in [3.05, 3.63) is 0 Å². The SMILES string of the molecule is O=C(CC1CCCN1)N1CCC(N2CCNC2=O)CC1. The van der Waals surface area contributed by atoms with Crippen LogP contribution in [0.2, 0.25) is 0 Å². The van der Waals surface area contributed by atoms with Crippen LogP contribution in [0, 0.1) is 0 Å². The molecule has 2 N–H and O–H groups in total. The van der Waals surface area contributed by atoms with Crippen molar-refractivity contribution in [2.45, 2.75) is 44.2 Å². The van der Waals surface area contributed by atoms with Gasteiger partial charge >= 0.3 is 6.03 Å². The number of nitrogens with zero attached hydrogens (tertiary/aromatic N) is 2. The van der Waals surface area contributed by atoms with E-state index >= 15 is 0 Å². The zero-order valence-electron chi connectivity index (χ0n) is 11.9. The molecule has 6 heteroatoms. The molecule has 3 aliphatic heterocycles. The van der Waals surface area contributed by atoms with Crippen molar-refractivity contribution in [3.8, 4) is 0 Å². The maximum Gasteiger partial charge on any atom is 0.317 e. The number of nitrogens with one attached hydrogen (secondary N) is 2. The minimum atomic E-state index is 0.0601. The van der Waals surface area contributed by atoms with Gasteiger partial charge in [0.05, 0.1) is 0 Å². The number of hydrogen-bond donors (Lipinski definition) is 2. The van der Waals surface area contributed by atoms with Gasteiger partial charge in [0.25, 0.3) is 0 Å². The fraction of sp³-hybridized carbons (Fsp3) is 0.857. The van der Waals surface area contributed by atoms with E-state index in [2.05, 4.69) is 10.6 Å². The van der Waals surface area contributed by atoms with Gasteiger partial charge in [0.15, 0.2) is 0 Å². The first-order chi connectivity index (χ1) is 9.74. The average molecular weight is 280 g/mol. The highest BCUT2D eigenvalue weighted by atomic mass is 16.2. The van der Waals surface area contributed by atoms with Crippen molar-refractivity contribution >= 4 is 11.9 Å². The van der Waals surface area contributed by atoms with Crippen LogP contribution in [-0.2, 0) is 4.79 Å². The third-order valence-electron chi connectivity index (χ3n) is 4.73. The van der Waals surface area contributed by atoms with Crippen molar-refractivity contribution in [1.29, 1.82) is 0 Å². The van der Waals surface area contributed by atoms with E-state index in [1.807, 2.05) is 9.80 Å². The number of rotatable bonds is 3. The molecular weight excluding hydrogens is 256 g/mol. The zero-order valence-corrected chi connectivity index (χ0v) is 11.9. The van der Waals surface area contributed by atoms with E-state index in [1.54, 1.807) is 0 Å². The second kappa shape index (κ2) is 5.99. The lowest BCUT2D eigenvalue weighted by Crippen LogP contribution is -2.48. The molecule has 3 rings (SSSR count). The van der Waals surface area contributed by atoms with Gasteiger partial charge in [0, 0.05) is 44.7 Å². The molecular formula is C14H24N4O2. The van der Waals surface area contributed by atoms with E-state index in [4.69, 9.17) is 0 Å². The average Bonchev–Trinajstić information content (AvgIpc) is 3.10. The lowest BCUT2D eigenvalue weighted by Gasteiger charge is -2.36. The number of amides is 3. The second-order valence-corrected chi connectivity index (χ2v) is 6.03. The highest BCUT2D eigenvalue weighted by Crippen LogP contribution is 2.20. The Morgan fingerprint density at radius 3 is 2.55 bits per heavy atom. The Labute approximate surface area is 119 Å². The zero-order chi connectivity index (χ0) is 13.9. The summed E-state index contributed by atoms with van der Waals surface area (Å²) in [6.45, 7) is 4.19. The minimum absolute atomic E-state index is 0.0601. The largest absolute Gasteiger partial charge is 0.342 e. The van der Waals surface area contributed by atoms with Gasteiger partial charge in [-0.15, -0.1) is 0 Å². The van der Waals surface area contributed by atoms with E-state index in [0.717, 1.165) is 52.0 Å². The third kappa shape index (κ3) is 2.90. The highest BCUT2D eigenvalue weighted by Gasteiger charge is 2.32. The molecule has 0 aromatic heterocycles. The molecule has 20 heavy (non-hydrogen) atoms. The lowest BCUT2D eigenvalue weighted by molar-refractivity contribution is -0.133. The van der Waals surface area contributed by atoms with E-state index < -0.39 is 0 Å². The Kier molecular flexibility index (Phi) is 4.10. The number of carbonyl (C=O) groups is 2. The number of likely N-dealkylation sites (tertiary alicyclic amines) is 1. The van der Waals surface area contributed by atoms with Crippen molar-refractivity contribution in [3.63, 3.8) is 0 Å². The van der Waals surface area contributed by atoms with Gasteiger partial charge in [-0.1, -0.05) is 0 Å². The first-order valence-corrected chi connectivity index (χ1v) is 7.79. The monoisotopic (exact) mass is 280 g/mol. The molecule has 0 spiro atoms. The molecule has 3 amide bonds. The Morgan fingerprint density at radius 1 is 1.15 bits per heavy atom. The van der Waals surface area contributed by atoms with Crippen molar-refractivity contribution in [2.24, 2.45) is 0 Å². The van der Waals surface area contributed by atoms with Crippen LogP contribution in [0.25, 0.3) is 0 Å². The summed E-state index contributed by atoms with van der Waals surface area (Å²) in [5.41, 5.74) is 0. The summed E-state index contributed by atoms with van der Waals surface area (Å²) in [6.07, 6.45) is 4.77. The summed E-state index contributed by atoms with van der Waals surface area (Å²) < 4.78 is 0. The van der Waals surface area contributed by atoms with Crippen LogP contribution in [-0.4, -0.2) is 66.5 Å². The predicted octanol–water partition coefficient (Wildman–Crippen LogP) is 0.145. The number of carbonyl (C=O) groups excluding carboxylic acids is 2. The molecule has 0 aromatic rings. The Hall–Kier alpha value is -1.30. The Morgan fingerprint density at radius 2 is 1.95 bits per heavy atom. The van der Waals surface area contributed by atoms with Crippen LogP contribution in [0.1, 0.15) is 32.1 Å². The summed E-state index contributed by atoms with van der Waals surface area (Å²) in [5, 5.41) is 6.22. The van der Waals surface area contributed by atoms with E-state index in [1.165, 1.54) is 6.42 Å². The molecule has 3 saturated heterocycles. The third-order valence-corrected chi connectivity index (χ3v) is 4.73. The molecule has 0 aromatic carbocycles. The van der Waals surface area contributed by atoms with Crippen LogP contribution in [0.15, 0.2) is 0 Å². The number of piperidine rings is 1. The standard InChI is InChI=1S/C14H24N4O2/c19-13(10-11-2-1-5-15-11)17-7-3-12(4-8-17)18-9-6-16-14(18)20/h11-12,15H,1-10H2,(H,16,20). The molecule has 6 nitrogen and oxygen atoms in total. The normalized spacial score (nSPS) is 28.0. The molecule has 0 bridgehead atoms. The highest BCUT2D eigenvalue weighted by molar-refractivity contribution is 5.78. The molecule has 1 atom stereocenters. The smallest absolute Gasteiger partial charge is 0.317 e. The number of urea groups is 1. The summed E-state index contributed by atoms with van der Waals surface area (Å²) >= 11 is 0. The van der Waals surface area contributed by atoms with E-state index in [0.29, 0.717) is 18.5 Å². The molecule has 3 aliphatic rings. The fourth-order valence-corrected chi connectivity index (χ4v) is 3.53. The second-order valence-electron chi connectivity index (χ2n) is 6.03. The van der Waals surface area contributed by atoms with E-state index in [9.17, 15) is 9.59 Å². The van der Waals surface area contributed by atoms with Gasteiger partial charge in [0.2, 0.25) is 5.91 Å². The van der Waals surface area contributed by atoms with Crippen molar-refractivity contribution < 1.29 is 9.59 Å². The predicted molar refractivity (Wildman–Crippen MR) is 75.3 cm³/mol. The lowest BCUT2D eigenvalue weighted by atomic mass is 10.0. The molecule has 0 aliphatic carbocycles. The van der Waals surface area contributed by atoms with Gasteiger partial charge in [-0.3, -0.25) is 4.79 Å². The number of hydrogen-bond acceptors (Lipinski definition) is 3. The summed E-state index contributed by atoms with van der Waals surface area (Å²) in [6, 6.07) is 0.751. The first-order valence-electron chi connectivity index (χ1n) is 7.79. The van der Waals surface area contributed by atoms with Gasteiger partial charge < -0.3 is 20.4 Å². The Balaban J connectivity index is 1.45. The topological polar surface area (TPSA) is 64.7 Å². The van der Waals surface area contributed by atoms with E-state index in [-0.39, 0.29) is 11.9 Å². The Bertz CT molecular complexity index is 373. The molecule has 1 unspecified atom stereocenters. The van der Waals surface area contributed by atoms with Gasteiger partial charge in [-0.05, 0) is 32.2 Å². The van der Waals surface area contributed by atoms with Crippen LogP contribution < -0.4 is 10.6 Å². The van der Waals surface area contributed by atoms with Crippen LogP contribution in [0.3, 0.4) is 0 Å². The van der Waals surface area contributed by atoms with Crippen molar-refractivity contribution in [2.75, 3.05) is 32.7 Å². The maximum atomic E-state index is 12.2. The molecule has 0 radical (unpaired) electrons. The van der Waals surface area contributed by atoms with Crippen LogP contribution in [0.4, 0.5) is 4.79 Å². The van der Waals surface area contributed by atoms with Gasteiger partial charge in [0.1, 0.15) is 0 Å².